The molecule has 0 spiro atoms. The molecular weight excluding hydrogens is 356 g/mol. The minimum atomic E-state index is -0.104. The van der Waals surface area contributed by atoms with Crippen LogP contribution in [0.25, 0.3) is 0 Å². The molecule has 3 rings (SSSR count). The van der Waals surface area contributed by atoms with E-state index in [0.29, 0.717) is 5.13 Å². The Morgan fingerprint density at radius 2 is 2.04 bits per heavy atom. The third kappa shape index (κ3) is 5.24. The minimum absolute atomic E-state index is 0.104. The molecule has 2 aromatic rings. The Labute approximate surface area is 156 Å². The van der Waals surface area contributed by atoms with Crippen LogP contribution in [0.1, 0.15) is 49.4 Å². The molecular formula is C16H24N6OS2. The normalized spacial score (nSPS) is 15.4. The molecule has 25 heavy (non-hydrogen) atoms. The number of aryl methyl sites for hydroxylation is 2. The first-order valence-corrected chi connectivity index (χ1v) is 10.5. The average molecular weight is 381 g/mol. The predicted molar refractivity (Wildman–Crippen MR) is 99.9 cm³/mol. The van der Waals surface area contributed by atoms with Gasteiger partial charge in [-0.2, -0.15) is 0 Å². The SMILES string of the molecule is Cc1nnc(NC(=O)CSc2nnc(CCC3CCCCC3)n2C)s1. The molecule has 1 aliphatic rings. The zero-order valence-electron chi connectivity index (χ0n) is 14.7. The van der Waals surface area contributed by atoms with Crippen molar-refractivity contribution in [1.82, 2.24) is 25.0 Å². The van der Waals surface area contributed by atoms with Crippen LogP contribution < -0.4 is 5.32 Å². The van der Waals surface area contributed by atoms with E-state index < -0.39 is 0 Å². The fourth-order valence-electron chi connectivity index (χ4n) is 3.13. The lowest BCUT2D eigenvalue weighted by Crippen LogP contribution is -2.14. The van der Waals surface area contributed by atoms with Gasteiger partial charge >= 0.3 is 0 Å². The molecule has 0 aliphatic heterocycles. The summed E-state index contributed by atoms with van der Waals surface area (Å²) in [6, 6.07) is 0. The molecule has 1 N–H and O–H groups in total. The van der Waals surface area contributed by atoms with Crippen molar-refractivity contribution < 1.29 is 4.79 Å². The summed E-state index contributed by atoms with van der Waals surface area (Å²) >= 11 is 2.77. The molecule has 0 atom stereocenters. The number of carbonyl (C=O) groups excluding carboxylic acids is 1. The van der Waals surface area contributed by atoms with Gasteiger partial charge in [0.2, 0.25) is 11.0 Å². The summed E-state index contributed by atoms with van der Waals surface area (Å²) in [4.78, 5) is 12.0. The second-order valence-electron chi connectivity index (χ2n) is 6.46. The third-order valence-electron chi connectivity index (χ3n) is 4.53. The van der Waals surface area contributed by atoms with Gasteiger partial charge in [-0.3, -0.25) is 10.1 Å². The number of hydrogen-bond acceptors (Lipinski definition) is 7. The lowest BCUT2D eigenvalue weighted by molar-refractivity contribution is -0.113. The number of anilines is 1. The highest BCUT2D eigenvalue weighted by molar-refractivity contribution is 7.99. The molecule has 136 valence electrons. The van der Waals surface area contributed by atoms with Gasteiger partial charge in [-0.25, -0.2) is 0 Å². The Balaban J connectivity index is 1.46. The first-order chi connectivity index (χ1) is 12.1. The highest BCUT2D eigenvalue weighted by Gasteiger charge is 2.16. The number of hydrogen-bond donors (Lipinski definition) is 1. The van der Waals surface area contributed by atoms with Gasteiger partial charge in [0.25, 0.3) is 0 Å². The maximum atomic E-state index is 12.0. The molecule has 0 radical (unpaired) electrons. The van der Waals surface area contributed by atoms with E-state index in [1.807, 2.05) is 18.5 Å². The molecule has 2 aromatic heterocycles. The van der Waals surface area contributed by atoms with E-state index in [-0.39, 0.29) is 11.7 Å². The van der Waals surface area contributed by atoms with Gasteiger partial charge in [0.15, 0.2) is 5.16 Å². The highest BCUT2D eigenvalue weighted by Crippen LogP contribution is 2.27. The van der Waals surface area contributed by atoms with Gasteiger partial charge in [0.1, 0.15) is 10.8 Å². The zero-order chi connectivity index (χ0) is 17.6. The second kappa shape index (κ2) is 8.75. The quantitative estimate of drug-likeness (QED) is 0.742. The number of nitrogens with zero attached hydrogens (tertiary/aromatic N) is 5. The molecule has 7 nitrogen and oxygen atoms in total. The summed E-state index contributed by atoms with van der Waals surface area (Å²) in [5, 5.41) is 21.2. The number of rotatable bonds is 7. The molecule has 1 saturated carbocycles. The van der Waals surface area contributed by atoms with Gasteiger partial charge in [-0.15, -0.1) is 20.4 Å². The van der Waals surface area contributed by atoms with E-state index in [1.54, 1.807) is 0 Å². The maximum Gasteiger partial charge on any atom is 0.236 e. The first-order valence-electron chi connectivity index (χ1n) is 8.73. The summed E-state index contributed by atoms with van der Waals surface area (Å²) in [5.41, 5.74) is 0. The lowest BCUT2D eigenvalue weighted by atomic mass is 9.86. The van der Waals surface area contributed by atoms with Crippen molar-refractivity contribution in [3.05, 3.63) is 10.8 Å². The van der Waals surface area contributed by atoms with E-state index in [1.165, 1.54) is 61.6 Å². The summed E-state index contributed by atoms with van der Waals surface area (Å²) in [6.07, 6.45) is 8.98. The monoisotopic (exact) mass is 380 g/mol. The topological polar surface area (TPSA) is 85.6 Å². The number of thioether (sulfide) groups is 1. The van der Waals surface area contributed by atoms with E-state index in [4.69, 9.17) is 0 Å². The molecule has 0 saturated heterocycles. The molecule has 2 heterocycles. The molecule has 1 amide bonds. The zero-order valence-corrected chi connectivity index (χ0v) is 16.3. The van der Waals surface area contributed by atoms with Gasteiger partial charge in [-0.05, 0) is 19.3 Å². The predicted octanol–water partition coefficient (Wildman–Crippen LogP) is 3.22. The van der Waals surface area contributed by atoms with Gasteiger partial charge in [0, 0.05) is 13.5 Å². The van der Waals surface area contributed by atoms with E-state index in [0.717, 1.165) is 28.3 Å². The van der Waals surface area contributed by atoms with Crippen LogP contribution in [0, 0.1) is 12.8 Å². The van der Waals surface area contributed by atoms with Crippen LogP contribution in [0.2, 0.25) is 0 Å². The third-order valence-corrected chi connectivity index (χ3v) is 6.31. The lowest BCUT2D eigenvalue weighted by Gasteiger charge is -2.20. The molecule has 0 unspecified atom stereocenters. The average Bonchev–Trinajstić information content (AvgIpc) is 3.18. The van der Waals surface area contributed by atoms with Crippen LogP contribution >= 0.6 is 23.1 Å². The van der Waals surface area contributed by atoms with Gasteiger partial charge < -0.3 is 4.57 Å². The van der Waals surface area contributed by atoms with Crippen LogP contribution in [0.15, 0.2) is 5.16 Å². The van der Waals surface area contributed by atoms with Crippen LogP contribution in [0.5, 0.6) is 0 Å². The molecule has 0 aromatic carbocycles. The van der Waals surface area contributed by atoms with Crippen LogP contribution in [-0.2, 0) is 18.3 Å². The van der Waals surface area contributed by atoms with Crippen LogP contribution in [0.3, 0.4) is 0 Å². The molecule has 0 bridgehead atoms. The van der Waals surface area contributed by atoms with Crippen LogP contribution in [-0.4, -0.2) is 36.6 Å². The van der Waals surface area contributed by atoms with Crippen molar-refractivity contribution in [3.63, 3.8) is 0 Å². The standard InChI is InChI=1S/C16H24N6OS2/c1-11-18-20-15(25-11)17-14(23)10-24-16-21-19-13(22(16)2)9-8-12-6-4-3-5-7-12/h12H,3-10H2,1-2H3,(H,17,20,23). The van der Waals surface area contributed by atoms with Crippen molar-refractivity contribution in [2.24, 2.45) is 13.0 Å². The maximum absolute atomic E-state index is 12.0. The smallest absolute Gasteiger partial charge is 0.236 e. The second-order valence-corrected chi connectivity index (χ2v) is 8.59. The Hall–Kier alpha value is -1.48. The van der Waals surface area contributed by atoms with Gasteiger partial charge in [0.05, 0.1) is 5.75 Å². The first kappa shape index (κ1) is 18.3. The minimum Gasteiger partial charge on any atom is -0.309 e. The van der Waals surface area contributed by atoms with Crippen molar-refractivity contribution in [2.75, 3.05) is 11.1 Å². The van der Waals surface area contributed by atoms with Crippen molar-refractivity contribution >= 4 is 34.1 Å². The summed E-state index contributed by atoms with van der Waals surface area (Å²) in [7, 11) is 1.98. The van der Waals surface area contributed by atoms with Crippen LogP contribution in [0.4, 0.5) is 5.13 Å². The summed E-state index contributed by atoms with van der Waals surface area (Å²) < 4.78 is 2.01. The number of amides is 1. The fourth-order valence-corrected chi connectivity index (χ4v) is 4.47. The van der Waals surface area contributed by atoms with Crippen molar-refractivity contribution in [2.45, 2.75) is 57.0 Å². The Kier molecular flexibility index (Phi) is 6.41. The Bertz CT molecular complexity index is 707. The van der Waals surface area contributed by atoms with E-state index in [2.05, 4.69) is 25.7 Å². The number of nitrogens with one attached hydrogen (secondary N) is 1. The largest absolute Gasteiger partial charge is 0.309 e. The fraction of sp³-hybridized carbons (Fsp3) is 0.688. The van der Waals surface area contributed by atoms with Gasteiger partial charge in [-0.1, -0.05) is 55.2 Å². The molecule has 9 heteroatoms. The van der Waals surface area contributed by atoms with E-state index >= 15 is 0 Å². The Morgan fingerprint density at radius 1 is 1.24 bits per heavy atom. The summed E-state index contributed by atoms with van der Waals surface area (Å²) in [5.74, 6) is 2.02. The number of aromatic nitrogens is 5. The van der Waals surface area contributed by atoms with Crippen molar-refractivity contribution in [3.8, 4) is 0 Å². The van der Waals surface area contributed by atoms with Crippen molar-refractivity contribution in [1.29, 1.82) is 0 Å². The number of carbonyl (C=O) groups is 1. The van der Waals surface area contributed by atoms with E-state index in [9.17, 15) is 4.79 Å². The summed E-state index contributed by atoms with van der Waals surface area (Å²) in [6.45, 7) is 1.86. The highest BCUT2D eigenvalue weighted by atomic mass is 32.2. The Morgan fingerprint density at radius 3 is 2.76 bits per heavy atom. The molecule has 1 aliphatic carbocycles. The molecule has 1 fully saturated rings.